The Balaban J connectivity index is 2.35. The van der Waals surface area contributed by atoms with E-state index in [2.05, 4.69) is 0 Å². The molecule has 5 heteroatoms. The molecule has 74 valence electrons. The maximum absolute atomic E-state index is 11.8. The molecule has 0 saturated heterocycles. The second-order valence-corrected chi connectivity index (χ2v) is 3.51. The van der Waals surface area contributed by atoms with E-state index in [-0.39, 0.29) is 12.8 Å². The van der Waals surface area contributed by atoms with Crippen molar-refractivity contribution in [2.75, 3.05) is 0 Å². The van der Waals surface area contributed by atoms with Crippen LogP contribution in [0.3, 0.4) is 0 Å². The standard InChI is InChI=1S/C8H9F3OS/c9-8(10,11)7(12)2-1-6-3-4-13-5-6/h3-5,7,12H,1-2H2/t7-/m1/s1. The molecule has 1 nitrogen and oxygen atoms in total. The lowest BCUT2D eigenvalue weighted by atomic mass is 10.1. The predicted molar refractivity (Wildman–Crippen MR) is 44.7 cm³/mol. The summed E-state index contributed by atoms with van der Waals surface area (Å²) in [6.45, 7) is 0. The molecule has 0 aliphatic carbocycles. The Morgan fingerprint density at radius 1 is 1.46 bits per heavy atom. The van der Waals surface area contributed by atoms with Crippen LogP contribution in [0.2, 0.25) is 0 Å². The molecule has 13 heavy (non-hydrogen) atoms. The molecule has 0 spiro atoms. The van der Waals surface area contributed by atoms with Crippen LogP contribution in [-0.2, 0) is 6.42 Å². The molecule has 0 radical (unpaired) electrons. The first-order chi connectivity index (χ1) is 6.00. The molecular weight excluding hydrogens is 201 g/mol. The third-order valence-corrected chi connectivity index (χ3v) is 2.40. The lowest BCUT2D eigenvalue weighted by Crippen LogP contribution is -2.28. The van der Waals surface area contributed by atoms with Gasteiger partial charge in [-0.25, -0.2) is 0 Å². The van der Waals surface area contributed by atoms with Crippen molar-refractivity contribution in [2.24, 2.45) is 0 Å². The molecule has 1 aromatic rings. The summed E-state index contributed by atoms with van der Waals surface area (Å²) in [4.78, 5) is 0. The van der Waals surface area contributed by atoms with Gasteiger partial charge >= 0.3 is 6.18 Å². The van der Waals surface area contributed by atoms with E-state index in [1.54, 1.807) is 16.8 Å². The van der Waals surface area contributed by atoms with Crippen molar-refractivity contribution in [3.63, 3.8) is 0 Å². The quantitative estimate of drug-likeness (QED) is 0.813. The van der Waals surface area contributed by atoms with Gasteiger partial charge in [0.15, 0.2) is 0 Å². The molecule has 1 atom stereocenters. The van der Waals surface area contributed by atoms with Gasteiger partial charge < -0.3 is 5.11 Å². The molecular formula is C8H9F3OS. The minimum absolute atomic E-state index is 0.264. The Hall–Kier alpha value is -0.550. The predicted octanol–water partition coefficient (Wildman–Crippen LogP) is 2.60. The molecule has 0 aliphatic rings. The van der Waals surface area contributed by atoms with E-state index in [1.807, 2.05) is 0 Å². The van der Waals surface area contributed by atoms with E-state index in [0.29, 0.717) is 0 Å². The number of aliphatic hydroxyl groups is 1. The molecule has 1 heterocycles. The Morgan fingerprint density at radius 3 is 2.62 bits per heavy atom. The van der Waals surface area contributed by atoms with Crippen LogP contribution in [0, 0.1) is 0 Å². The van der Waals surface area contributed by atoms with Gasteiger partial charge in [0, 0.05) is 0 Å². The van der Waals surface area contributed by atoms with E-state index in [4.69, 9.17) is 5.11 Å². The molecule has 0 amide bonds. The Kier molecular flexibility index (Phi) is 3.33. The second-order valence-electron chi connectivity index (χ2n) is 2.73. The highest BCUT2D eigenvalue weighted by atomic mass is 32.1. The van der Waals surface area contributed by atoms with Crippen LogP contribution in [0.4, 0.5) is 13.2 Å². The summed E-state index contributed by atoms with van der Waals surface area (Å²) >= 11 is 1.44. The second kappa shape index (κ2) is 4.11. The number of alkyl halides is 3. The fraction of sp³-hybridized carbons (Fsp3) is 0.500. The van der Waals surface area contributed by atoms with Crippen molar-refractivity contribution in [2.45, 2.75) is 25.1 Å². The smallest absolute Gasteiger partial charge is 0.384 e. The zero-order valence-electron chi connectivity index (χ0n) is 6.71. The molecule has 0 fully saturated rings. The molecule has 0 aliphatic heterocycles. The van der Waals surface area contributed by atoms with Crippen molar-refractivity contribution < 1.29 is 18.3 Å². The first kappa shape index (κ1) is 10.5. The number of aryl methyl sites for hydroxylation is 1. The summed E-state index contributed by atoms with van der Waals surface area (Å²) in [5, 5.41) is 12.2. The van der Waals surface area contributed by atoms with Gasteiger partial charge in [-0.15, -0.1) is 0 Å². The number of hydrogen-bond donors (Lipinski definition) is 1. The highest BCUT2D eigenvalue weighted by molar-refractivity contribution is 7.07. The molecule has 1 aromatic heterocycles. The Morgan fingerprint density at radius 2 is 2.15 bits per heavy atom. The minimum Gasteiger partial charge on any atom is -0.384 e. The van der Waals surface area contributed by atoms with E-state index in [9.17, 15) is 13.2 Å². The monoisotopic (exact) mass is 210 g/mol. The van der Waals surface area contributed by atoms with E-state index < -0.39 is 12.3 Å². The van der Waals surface area contributed by atoms with Gasteiger partial charge in [0.2, 0.25) is 0 Å². The largest absolute Gasteiger partial charge is 0.414 e. The number of aliphatic hydroxyl groups excluding tert-OH is 1. The van der Waals surface area contributed by atoms with Crippen molar-refractivity contribution in [3.05, 3.63) is 22.4 Å². The molecule has 1 rings (SSSR count). The maximum Gasteiger partial charge on any atom is 0.414 e. The van der Waals surface area contributed by atoms with Crippen molar-refractivity contribution >= 4 is 11.3 Å². The molecule has 0 aromatic carbocycles. The highest BCUT2D eigenvalue weighted by Crippen LogP contribution is 2.23. The highest BCUT2D eigenvalue weighted by Gasteiger charge is 2.37. The molecule has 1 N–H and O–H groups in total. The van der Waals surface area contributed by atoms with Crippen LogP contribution >= 0.6 is 11.3 Å². The van der Waals surface area contributed by atoms with Gasteiger partial charge in [-0.05, 0) is 35.2 Å². The average Bonchev–Trinajstić information content (AvgIpc) is 2.50. The van der Waals surface area contributed by atoms with Crippen molar-refractivity contribution in [3.8, 4) is 0 Å². The third-order valence-electron chi connectivity index (χ3n) is 1.66. The average molecular weight is 210 g/mol. The minimum atomic E-state index is -4.49. The Bertz CT molecular complexity index is 242. The van der Waals surface area contributed by atoms with E-state index >= 15 is 0 Å². The number of thiophene rings is 1. The fourth-order valence-electron chi connectivity index (χ4n) is 0.902. The summed E-state index contributed by atoms with van der Waals surface area (Å²) in [5.41, 5.74) is 0.841. The summed E-state index contributed by atoms with van der Waals surface area (Å²) in [6.07, 6.45) is -6.69. The van der Waals surface area contributed by atoms with Crippen LogP contribution in [0.1, 0.15) is 12.0 Å². The summed E-state index contributed by atoms with van der Waals surface area (Å²) in [5.74, 6) is 0. The first-order valence-electron chi connectivity index (χ1n) is 3.76. The molecule has 0 unspecified atom stereocenters. The first-order valence-corrected chi connectivity index (χ1v) is 4.70. The van der Waals surface area contributed by atoms with Gasteiger partial charge in [0.25, 0.3) is 0 Å². The van der Waals surface area contributed by atoms with Gasteiger partial charge in [-0.3, -0.25) is 0 Å². The summed E-state index contributed by atoms with van der Waals surface area (Å²) in [6, 6.07) is 1.76. The fourth-order valence-corrected chi connectivity index (χ4v) is 1.61. The third kappa shape index (κ3) is 3.36. The van der Waals surface area contributed by atoms with E-state index in [0.717, 1.165) is 5.56 Å². The zero-order valence-corrected chi connectivity index (χ0v) is 7.53. The van der Waals surface area contributed by atoms with Gasteiger partial charge in [-0.1, -0.05) is 0 Å². The van der Waals surface area contributed by atoms with Crippen LogP contribution in [-0.4, -0.2) is 17.4 Å². The van der Waals surface area contributed by atoms with Crippen LogP contribution in [0.25, 0.3) is 0 Å². The van der Waals surface area contributed by atoms with Gasteiger partial charge in [-0.2, -0.15) is 24.5 Å². The molecule has 0 bridgehead atoms. The number of rotatable bonds is 3. The number of hydrogen-bond acceptors (Lipinski definition) is 2. The lowest BCUT2D eigenvalue weighted by molar-refractivity contribution is -0.205. The van der Waals surface area contributed by atoms with Crippen LogP contribution in [0.5, 0.6) is 0 Å². The van der Waals surface area contributed by atoms with Gasteiger partial charge in [0.1, 0.15) is 6.10 Å². The lowest BCUT2D eigenvalue weighted by Gasteiger charge is -2.13. The zero-order chi connectivity index (χ0) is 9.90. The summed E-state index contributed by atoms with van der Waals surface area (Å²) in [7, 11) is 0. The summed E-state index contributed by atoms with van der Waals surface area (Å²) < 4.78 is 35.5. The van der Waals surface area contributed by atoms with Gasteiger partial charge in [0.05, 0.1) is 0 Å². The normalized spacial score (nSPS) is 14.5. The van der Waals surface area contributed by atoms with Crippen LogP contribution < -0.4 is 0 Å². The van der Waals surface area contributed by atoms with Crippen LogP contribution in [0.15, 0.2) is 16.8 Å². The Labute approximate surface area is 77.8 Å². The SMILES string of the molecule is O[C@H](CCc1ccsc1)C(F)(F)F. The number of halogens is 3. The van der Waals surface area contributed by atoms with E-state index in [1.165, 1.54) is 11.3 Å². The topological polar surface area (TPSA) is 20.2 Å². The molecule has 0 saturated carbocycles. The van der Waals surface area contributed by atoms with Crippen molar-refractivity contribution in [1.82, 2.24) is 0 Å². The maximum atomic E-state index is 11.8. The van der Waals surface area contributed by atoms with Crippen molar-refractivity contribution in [1.29, 1.82) is 0 Å².